The van der Waals surface area contributed by atoms with Gasteiger partial charge in [0.1, 0.15) is 0 Å². The fourth-order valence-corrected chi connectivity index (χ4v) is 10.8. The predicted octanol–water partition coefficient (Wildman–Crippen LogP) is 5.90. The smallest absolute Gasteiger partial charge is 0.0980 e. The van der Waals surface area contributed by atoms with Gasteiger partial charge in [-0.2, -0.15) is 0 Å². The molecule has 0 unspecified atom stereocenters. The van der Waals surface area contributed by atoms with Crippen LogP contribution in [0, 0.1) is 53.3 Å². The van der Waals surface area contributed by atoms with Crippen molar-refractivity contribution in [2.24, 2.45) is 53.3 Å². The zero-order valence-electron chi connectivity index (χ0n) is 22.3. The Morgan fingerprint density at radius 3 is 0.444 bits per heavy atom. The van der Waals surface area contributed by atoms with E-state index in [0.717, 1.165) is 53.3 Å². The summed E-state index contributed by atoms with van der Waals surface area (Å²) >= 11 is 4.10. The minimum absolute atomic E-state index is 0.891. The van der Waals surface area contributed by atoms with Crippen molar-refractivity contribution in [2.75, 3.05) is 0 Å². The van der Waals surface area contributed by atoms with Crippen LogP contribution in [0.2, 0.25) is 15.8 Å². The molecular formula is C24H57Al3. The first-order valence-corrected chi connectivity index (χ1v) is 16.5. The summed E-state index contributed by atoms with van der Waals surface area (Å²) in [7, 11) is 0. The van der Waals surface area contributed by atoms with Crippen LogP contribution in [0.1, 0.15) is 83.1 Å². The second-order valence-electron chi connectivity index (χ2n) is 10.7. The molecule has 0 bridgehead atoms. The van der Waals surface area contributed by atoms with E-state index in [1.165, 1.54) is 64.7 Å². The van der Waals surface area contributed by atoms with Crippen LogP contribution in [0.15, 0.2) is 0 Å². The van der Waals surface area contributed by atoms with E-state index < -0.39 is 0 Å². The van der Waals surface area contributed by atoms with Crippen LogP contribution in [-0.4, -0.2) is 48.9 Å². The first-order valence-electron chi connectivity index (χ1n) is 12.3. The Bertz CT molecular complexity index is 224. The summed E-state index contributed by atoms with van der Waals surface area (Å²) in [6, 6.07) is 0. The monoisotopic (exact) mass is 426 g/mol. The van der Waals surface area contributed by atoms with E-state index in [-0.39, 0.29) is 0 Å². The first-order chi connectivity index (χ1) is 12.3. The van der Waals surface area contributed by atoms with Crippen LogP contribution in [0.3, 0.4) is 0 Å². The van der Waals surface area contributed by atoms with Gasteiger partial charge in [0.25, 0.3) is 0 Å². The molecule has 0 saturated carbocycles. The zero-order valence-corrected chi connectivity index (χ0v) is 28.3. The molecule has 27 heavy (non-hydrogen) atoms. The van der Waals surface area contributed by atoms with Gasteiger partial charge in [-0.05, 0) is 53.3 Å². The van der Waals surface area contributed by atoms with Crippen LogP contribution in [0.25, 0.3) is 0 Å². The van der Waals surface area contributed by atoms with Crippen molar-refractivity contribution in [3.63, 3.8) is 0 Å². The van der Waals surface area contributed by atoms with Gasteiger partial charge in [-0.15, -0.1) is 0 Å². The van der Waals surface area contributed by atoms with Gasteiger partial charge in [-0.25, -0.2) is 0 Å². The predicted molar refractivity (Wildman–Crippen MR) is 140 cm³/mol. The second kappa shape index (κ2) is 19.6. The maximum atomic E-state index is 2.34. The summed E-state index contributed by atoms with van der Waals surface area (Å²) in [6.45, 7) is 28.0. The maximum absolute atomic E-state index is 2.34. The molecule has 0 aromatic carbocycles. The number of rotatable bonds is 9. The molecule has 0 aliphatic carbocycles. The normalized spacial score (nSPS) is 11.9. The summed E-state index contributed by atoms with van der Waals surface area (Å²) in [6.07, 6.45) is 0. The topological polar surface area (TPSA) is 0 Å². The molecule has 0 aromatic heterocycles. The maximum Gasteiger partial charge on any atom is 0.212 e. The molecule has 0 saturated heterocycles. The van der Waals surface area contributed by atoms with E-state index in [2.05, 4.69) is 83.1 Å². The molecule has 162 valence electrons. The van der Waals surface area contributed by atoms with Crippen LogP contribution < -0.4 is 0 Å². The highest BCUT2D eigenvalue weighted by molar-refractivity contribution is 6.09. The average molecular weight is 427 g/mol. The van der Waals surface area contributed by atoms with Crippen molar-refractivity contribution in [1.82, 2.24) is 0 Å². The zero-order chi connectivity index (χ0) is 22.3. The lowest BCUT2D eigenvalue weighted by atomic mass is 9.87. The van der Waals surface area contributed by atoms with Gasteiger partial charge < -0.3 is 0 Å². The third-order valence-electron chi connectivity index (χ3n) is 6.55. The molecule has 0 rings (SSSR count). The Hall–Kier alpha value is 1.60. The number of hydrogen-bond donors (Lipinski definition) is 0. The molecule has 0 radical (unpaired) electrons. The van der Waals surface area contributed by atoms with Gasteiger partial charge >= 0.3 is 0 Å². The second-order valence-corrected chi connectivity index (χ2v) is 13.1. The molecule has 0 amide bonds. The summed E-state index contributed by atoms with van der Waals surface area (Å²) in [5.41, 5.74) is 0. The van der Waals surface area contributed by atoms with E-state index in [4.69, 9.17) is 0 Å². The molecular weight excluding hydrogens is 369 g/mol. The van der Waals surface area contributed by atoms with E-state index in [1.54, 1.807) is 0 Å². The minimum Gasteiger partial charge on any atom is -0.0980 e. The van der Waals surface area contributed by atoms with Gasteiger partial charge in [-0.1, -0.05) is 98.9 Å². The van der Waals surface area contributed by atoms with Crippen molar-refractivity contribution in [2.45, 2.75) is 98.9 Å². The summed E-state index contributed by atoms with van der Waals surface area (Å²) < 4.78 is 0. The Labute approximate surface area is 200 Å². The van der Waals surface area contributed by atoms with Crippen LogP contribution >= 0.6 is 0 Å². The molecule has 0 fully saturated rings. The van der Waals surface area contributed by atoms with Crippen molar-refractivity contribution in [1.29, 1.82) is 0 Å². The Morgan fingerprint density at radius 2 is 0.444 bits per heavy atom. The largest absolute Gasteiger partial charge is 0.212 e. The quantitative estimate of drug-likeness (QED) is 0.403. The Morgan fingerprint density at radius 1 is 0.333 bits per heavy atom. The third-order valence-corrected chi connectivity index (χ3v) is 9.38. The Balaban J connectivity index is -0.000000320. The van der Waals surface area contributed by atoms with Gasteiger partial charge in [0.2, 0.25) is 48.9 Å². The Kier molecular flexibility index (Phi) is 24.1. The number of hydrogen-bond acceptors (Lipinski definition) is 0. The fraction of sp³-hybridized carbons (Fsp3) is 1.00. The van der Waals surface area contributed by atoms with E-state index in [9.17, 15) is 0 Å². The molecule has 0 aliphatic rings. The van der Waals surface area contributed by atoms with Crippen molar-refractivity contribution in [3.8, 4) is 0 Å². The highest BCUT2D eigenvalue weighted by atomic mass is 27.1. The molecule has 0 aliphatic heterocycles. The van der Waals surface area contributed by atoms with E-state index in [1.807, 2.05) is 0 Å². The summed E-state index contributed by atoms with van der Waals surface area (Å²) in [4.78, 5) is 0. The summed E-state index contributed by atoms with van der Waals surface area (Å²) in [5, 5.41) is 4.40. The van der Waals surface area contributed by atoms with Crippen molar-refractivity contribution >= 4 is 48.9 Å². The van der Waals surface area contributed by atoms with Crippen molar-refractivity contribution in [3.05, 3.63) is 0 Å². The molecule has 0 spiro atoms. The highest BCUT2D eigenvalue weighted by Gasteiger charge is 2.15. The lowest BCUT2D eigenvalue weighted by Gasteiger charge is -2.22. The first kappa shape index (κ1) is 33.2. The SMILES string of the molecule is CC(C)C([CH2][AlH2])C(C)C.CC(C)C([CH2][AlH2])C(C)C.CC(C)C([CH2][AlH2])C(C)C. The molecule has 0 nitrogen and oxygen atoms in total. The van der Waals surface area contributed by atoms with Gasteiger partial charge in [0.05, 0.1) is 0 Å². The van der Waals surface area contributed by atoms with Gasteiger partial charge in [-0.3, -0.25) is 0 Å². The molecule has 0 N–H and O–H groups in total. The van der Waals surface area contributed by atoms with E-state index in [0.29, 0.717) is 0 Å². The molecule has 0 aromatic rings. The molecule has 0 heterocycles. The van der Waals surface area contributed by atoms with Crippen LogP contribution in [-0.2, 0) is 0 Å². The van der Waals surface area contributed by atoms with Crippen LogP contribution in [0.5, 0.6) is 0 Å². The van der Waals surface area contributed by atoms with Gasteiger partial charge in [0.15, 0.2) is 0 Å². The fourth-order valence-electron chi connectivity index (χ4n) is 5.14. The standard InChI is InChI=1S/3C8H17.3Al.6H/c3*1-6(2)8(5)7(3)4;;;;;;;;;/h3*6-8H,5H2,1-4H3;;;;;;;;;. The van der Waals surface area contributed by atoms with Crippen molar-refractivity contribution < 1.29 is 0 Å². The molecule has 3 heteroatoms. The van der Waals surface area contributed by atoms with E-state index >= 15 is 0 Å². The average Bonchev–Trinajstić information content (AvgIpc) is 2.47. The minimum atomic E-state index is 0.891. The third kappa shape index (κ3) is 18.1. The highest BCUT2D eigenvalue weighted by Crippen LogP contribution is 2.24. The molecule has 0 atom stereocenters. The lowest BCUT2D eigenvalue weighted by molar-refractivity contribution is 0.316. The summed E-state index contributed by atoms with van der Waals surface area (Å²) in [5.74, 6) is 8.30. The lowest BCUT2D eigenvalue weighted by Crippen LogP contribution is -2.14. The van der Waals surface area contributed by atoms with Gasteiger partial charge in [0, 0.05) is 0 Å². The van der Waals surface area contributed by atoms with Crippen LogP contribution in [0.4, 0.5) is 0 Å².